The molecular weight excluding hydrogens is 310 g/mol. The summed E-state index contributed by atoms with van der Waals surface area (Å²) in [5.41, 5.74) is 1.40. The van der Waals surface area contributed by atoms with Crippen LogP contribution in [0.3, 0.4) is 0 Å². The highest BCUT2D eigenvalue weighted by molar-refractivity contribution is 9.10. The molecule has 5 heteroatoms. The van der Waals surface area contributed by atoms with E-state index < -0.39 is 5.54 Å². The fraction of sp³-hybridized carbons (Fsp3) is 0.500. The summed E-state index contributed by atoms with van der Waals surface area (Å²) < 4.78 is 11.8. The molecule has 1 aliphatic carbocycles. The molecule has 0 heterocycles. The SMILES string of the molecule is COc1cc(C)c(Br)c(C2(N=C=O)CCC2)c1OC. The van der Waals surface area contributed by atoms with Gasteiger partial charge in [-0.25, -0.2) is 4.79 Å². The minimum Gasteiger partial charge on any atom is -0.493 e. The molecule has 0 saturated heterocycles. The van der Waals surface area contributed by atoms with Gasteiger partial charge in [-0.2, -0.15) is 4.99 Å². The maximum atomic E-state index is 10.8. The van der Waals surface area contributed by atoms with Gasteiger partial charge in [0.1, 0.15) is 5.54 Å². The van der Waals surface area contributed by atoms with E-state index in [1.807, 2.05) is 13.0 Å². The molecular formula is C14H16BrNO3. The number of halogens is 1. The highest BCUT2D eigenvalue weighted by atomic mass is 79.9. The zero-order valence-electron chi connectivity index (χ0n) is 11.2. The zero-order valence-corrected chi connectivity index (χ0v) is 12.8. The Labute approximate surface area is 120 Å². The minimum atomic E-state index is -0.523. The lowest BCUT2D eigenvalue weighted by Gasteiger charge is -2.39. The Kier molecular flexibility index (Phi) is 3.97. The smallest absolute Gasteiger partial charge is 0.235 e. The third-order valence-corrected chi connectivity index (χ3v) is 4.72. The molecule has 0 aliphatic heterocycles. The van der Waals surface area contributed by atoms with E-state index in [0.717, 1.165) is 34.9 Å². The van der Waals surface area contributed by atoms with Gasteiger partial charge in [-0.15, -0.1) is 0 Å². The van der Waals surface area contributed by atoms with Crippen molar-refractivity contribution < 1.29 is 14.3 Å². The summed E-state index contributed by atoms with van der Waals surface area (Å²) >= 11 is 3.59. The van der Waals surface area contributed by atoms with Crippen LogP contribution in [0.5, 0.6) is 11.5 Å². The van der Waals surface area contributed by atoms with Crippen molar-refractivity contribution in [1.29, 1.82) is 0 Å². The quantitative estimate of drug-likeness (QED) is 0.629. The molecule has 0 spiro atoms. The van der Waals surface area contributed by atoms with Gasteiger partial charge in [-0.1, -0.05) is 15.9 Å². The van der Waals surface area contributed by atoms with Crippen molar-refractivity contribution in [2.24, 2.45) is 4.99 Å². The Bertz CT molecular complexity index is 546. The van der Waals surface area contributed by atoms with E-state index in [9.17, 15) is 4.79 Å². The van der Waals surface area contributed by atoms with Crippen molar-refractivity contribution in [3.63, 3.8) is 0 Å². The fourth-order valence-electron chi connectivity index (χ4n) is 2.53. The molecule has 19 heavy (non-hydrogen) atoms. The van der Waals surface area contributed by atoms with E-state index in [4.69, 9.17) is 9.47 Å². The number of hydrogen-bond acceptors (Lipinski definition) is 4. The van der Waals surface area contributed by atoms with Crippen molar-refractivity contribution in [1.82, 2.24) is 0 Å². The number of carbonyl (C=O) groups excluding carboxylic acids is 1. The van der Waals surface area contributed by atoms with Gasteiger partial charge in [0.05, 0.1) is 14.2 Å². The molecule has 1 aliphatic rings. The number of aliphatic imine (C=N–C) groups is 1. The van der Waals surface area contributed by atoms with E-state index in [2.05, 4.69) is 20.9 Å². The van der Waals surface area contributed by atoms with E-state index in [1.165, 1.54) is 0 Å². The van der Waals surface area contributed by atoms with E-state index in [0.29, 0.717) is 11.5 Å². The summed E-state index contributed by atoms with van der Waals surface area (Å²) in [4.78, 5) is 14.8. The summed E-state index contributed by atoms with van der Waals surface area (Å²) in [6.45, 7) is 1.98. The lowest BCUT2D eigenvalue weighted by Crippen LogP contribution is -2.33. The zero-order chi connectivity index (χ0) is 14.0. The standard InChI is InChI=1S/C14H16BrNO3/c1-9-7-10(18-2)13(19-3)11(12(9)15)14(16-8-17)5-4-6-14/h7H,4-6H2,1-3H3. The maximum absolute atomic E-state index is 10.8. The maximum Gasteiger partial charge on any atom is 0.235 e. The summed E-state index contributed by atoms with van der Waals surface area (Å²) in [6.07, 6.45) is 4.39. The number of ether oxygens (including phenoxy) is 2. The van der Waals surface area contributed by atoms with Gasteiger partial charge >= 0.3 is 0 Å². The summed E-state index contributed by atoms with van der Waals surface area (Å²) in [5, 5.41) is 0. The number of nitrogens with zero attached hydrogens (tertiary/aromatic N) is 1. The third-order valence-electron chi connectivity index (χ3n) is 3.69. The molecule has 2 rings (SSSR count). The van der Waals surface area contributed by atoms with Crippen LogP contribution in [-0.4, -0.2) is 20.3 Å². The first kappa shape index (κ1) is 14.1. The van der Waals surface area contributed by atoms with Gasteiger partial charge in [-0.05, 0) is 37.8 Å². The van der Waals surface area contributed by atoms with Crippen LogP contribution in [-0.2, 0) is 10.3 Å². The molecule has 0 bridgehead atoms. The third kappa shape index (κ3) is 2.17. The van der Waals surface area contributed by atoms with Crippen molar-refractivity contribution in [3.05, 3.63) is 21.7 Å². The van der Waals surface area contributed by atoms with Crippen LogP contribution in [0.2, 0.25) is 0 Å². The lowest BCUT2D eigenvalue weighted by molar-refractivity contribution is 0.241. The minimum absolute atomic E-state index is 0.523. The molecule has 0 radical (unpaired) electrons. The Morgan fingerprint density at radius 1 is 1.37 bits per heavy atom. The summed E-state index contributed by atoms with van der Waals surface area (Å²) in [6, 6.07) is 1.91. The Balaban J connectivity index is 2.73. The second-order valence-electron chi connectivity index (χ2n) is 4.71. The Morgan fingerprint density at radius 3 is 2.47 bits per heavy atom. The highest BCUT2D eigenvalue weighted by Crippen LogP contribution is 2.53. The fourth-order valence-corrected chi connectivity index (χ4v) is 3.20. The molecule has 0 unspecified atom stereocenters. The van der Waals surface area contributed by atoms with Gasteiger partial charge in [0.15, 0.2) is 11.5 Å². The molecule has 1 saturated carbocycles. The first-order valence-electron chi connectivity index (χ1n) is 6.10. The summed E-state index contributed by atoms with van der Waals surface area (Å²) in [7, 11) is 3.20. The molecule has 0 atom stereocenters. The molecule has 0 amide bonds. The van der Waals surface area contributed by atoms with Gasteiger partial charge < -0.3 is 9.47 Å². The lowest BCUT2D eigenvalue weighted by atomic mass is 9.71. The van der Waals surface area contributed by atoms with Gasteiger partial charge in [0, 0.05) is 10.0 Å². The topological polar surface area (TPSA) is 47.9 Å². The number of hydrogen-bond donors (Lipinski definition) is 0. The predicted octanol–water partition coefficient (Wildman–Crippen LogP) is 3.49. The summed E-state index contributed by atoms with van der Waals surface area (Å²) in [5.74, 6) is 1.30. The molecule has 4 nitrogen and oxygen atoms in total. The number of aryl methyl sites for hydroxylation is 1. The van der Waals surface area contributed by atoms with Crippen molar-refractivity contribution in [2.45, 2.75) is 31.7 Å². The van der Waals surface area contributed by atoms with Crippen molar-refractivity contribution in [3.8, 4) is 11.5 Å². The first-order valence-corrected chi connectivity index (χ1v) is 6.89. The number of benzene rings is 1. The molecule has 102 valence electrons. The number of methoxy groups -OCH3 is 2. The molecule has 0 N–H and O–H groups in total. The normalized spacial score (nSPS) is 16.2. The van der Waals surface area contributed by atoms with Gasteiger partial charge in [0.25, 0.3) is 0 Å². The van der Waals surface area contributed by atoms with E-state index in [1.54, 1.807) is 20.3 Å². The molecule has 0 aromatic heterocycles. The second kappa shape index (κ2) is 5.35. The number of rotatable bonds is 4. The monoisotopic (exact) mass is 325 g/mol. The predicted molar refractivity (Wildman–Crippen MR) is 75.6 cm³/mol. The van der Waals surface area contributed by atoms with Crippen molar-refractivity contribution in [2.75, 3.05) is 14.2 Å². The van der Waals surface area contributed by atoms with Crippen LogP contribution < -0.4 is 9.47 Å². The van der Waals surface area contributed by atoms with Crippen LogP contribution in [0.25, 0.3) is 0 Å². The number of isocyanates is 1. The van der Waals surface area contributed by atoms with Crippen LogP contribution >= 0.6 is 15.9 Å². The van der Waals surface area contributed by atoms with Crippen LogP contribution in [0.1, 0.15) is 30.4 Å². The Morgan fingerprint density at radius 2 is 2.05 bits per heavy atom. The van der Waals surface area contributed by atoms with E-state index in [-0.39, 0.29) is 0 Å². The van der Waals surface area contributed by atoms with E-state index >= 15 is 0 Å². The van der Waals surface area contributed by atoms with Crippen LogP contribution in [0.15, 0.2) is 15.5 Å². The highest BCUT2D eigenvalue weighted by Gasteiger charge is 2.43. The molecule has 1 aromatic rings. The van der Waals surface area contributed by atoms with Crippen LogP contribution in [0.4, 0.5) is 0 Å². The molecule has 1 aromatic carbocycles. The first-order chi connectivity index (χ1) is 9.09. The average Bonchev–Trinajstić information content (AvgIpc) is 2.37. The Hall–Kier alpha value is -1.32. The largest absolute Gasteiger partial charge is 0.493 e. The van der Waals surface area contributed by atoms with Gasteiger partial charge in [0.2, 0.25) is 6.08 Å². The second-order valence-corrected chi connectivity index (χ2v) is 5.50. The average molecular weight is 326 g/mol. The van der Waals surface area contributed by atoms with Crippen LogP contribution in [0, 0.1) is 6.92 Å². The van der Waals surface area contributed by atoms with Crippen molar-refractivity contribution >= 4 is 22.0 Å². The molecule has 1 fully saturated rings. The van der Waals surface area contributed by atoms with Gasteiger partial charge in [-0.3, -0.25) is 0 Å².